The van der Waals surface area contributed by atoms with Crippen LogP contribution in [0.25, 0.3) is 0 Å². The smallest absolute Gasteiger partial charge is 0.271 e. The van der Waals surface area contributed by atoms with E-state index in [-0.39, 0.29) is 29.0 Å². The van der Waals surface area contributed by atoms with E-state index in [1.807, 2.05) is 35.2 Å². The van der Waals surface area contributed by atoms with Crippen LogP contribution in [-0.4, -0.2) is 27.2 Å². The van der Waals surface area contributed by atoms with Crippen LogP contribution in [0.3, 0.4) is 0 Å². The number of nitrogens with zero attached hydrogens (tertiary/aromatic N) is 2. The molecule has 0 radical (unpaired) electrons. The van der Waals surface area contributed by atoms with Crippen LogP contribution in [0, 0.1) is 5.82 Å². The van der Waals surface area contributed by atoms with Gasteiger partial charge in [-0.1, -0.05) is 12.1 Å². The molecule has 0 bridgehead atoms. The van der Waals surface area contributed by atoms with Crippen LogP contribution >= 0.6 is 0 Å². The number of amides is 1. The first-order valence-electron chi connectivity index (χ1n) is 7.82. The third-order valence-corrected chi connectivity index (χ3v) is 3.82. The van der Waals surface area contributed by atoms with E-state index in [1.54, 1.807) is 6.07 Å². The Morgan fingerprint density at radius 2 is 2.00 bits per heavy atom. The van der Waals surface area contributed by atoms with Crippen LogP contribution in [0.4, 0.5) is 4.39 Å². The van der Waals surface area contributed by atoms with Crippen LogP contribution in [0.15, 0.2) is 65.7 Å². The lowest BCUT2D eigenvalue weighted by Crippen LogP contribution is -2.32. The normalized spacial score (nSPS) is 11.9. The molecular formula is C18H17FN4O2. The van der Waals surface area contributed by atoms with Gasteiger partial charge in [0.05, 0.1) is 6.04 Å². The maximum absolute atomic E-state index is 13.4. The number of carbonyl (C=O) groups is 1. The molecule has 0 aliphatic rings. The molecule has 1 amide bonds. The predicted molar refractivity (Wildman–Crippen MR) is 90.8 cm³/mol. The summed E-state index contributed by atoms with van der Waals surface area (Å²) in [6, 6.07) is 12.7. The molecule has 2 aromatic heterocycles. The van der Waals surface area contributed by atoms with Crippen molar-refractivity contribution in [2.75, 3.05) is 6.54 Å². The second-order valence-electron chi connectivity index (χ2n) is 5.63. The van der Waals surface area contributed by atoms with Gasteiger partial charge in [-0.3, -0.25) is 9.59 Å². The third kappa shape index (κ3) is 4.41. The predicted octanol–water partition coefficient (Wildman–Crippen LogP) is 1.92. The summed E-state index contributed by atoms with van der Waals surface area (Å²) in [5.41, 5.74) is 0.611. The molecule has 128 valence electrons. The number of H-pyrrole nitrogens is 1. The Morgan fingerprint density at radius 3 is 2.68 bits per heavy atom. The second-order valence-corrected chi connectivity index (χ2v) is 5.63. The quantitative estimate of drug-likeness (QED) is 0.719. The van der Waals surface area contributed by atoms with Crippen molar-refractivity contribution in [2.24, 2.45) is 0 Å². The third-order valence-electron chi connectivity index (χ3n) is 3.82. The zero-order valence-electron chi connectivity index (χ0n) is 13.4. The Kier molecular flexibility index (Phi) is 5.03. The standard InChI is InChI=1S/C18H17FN4O2/c19-14-5-3-4-13(10-14)11-15(23-8-1-2-9-23)12-20-18(25)16-6-7-17(24)22-21-16/h1-10,15H,11-12H2,(H,20,25)(H,22,24). The summed E-state index contributed by atoms with van der Waals surface area (Å²) in [4.78, 5) is 23.2. The monoisotopic (exact) mass is 340 g/mol. The van der Waals surface area contributed by atoms with Crippen molar-refractivity contribution in [1.82, 2.24) is 20.1 Å². The maximum atomic E-state index is 13.4. The van der Waals surface area contributed by atoms with Crippen molar-refractivity contribution >= 4 is 5.91 Å². The highest BCUT2D eigenvalue weighted by atomic mass is 19.1. The van der Waals surface area contributed by atoms with Gasteiger partial charge in [-0.2, -0.15) is 5.10 Å². The largest absolute Gasteiger partial charge is 0.349 e. The topological polar surface area (TPSA) is 79.8 Å². The zero-order chi connectivity index (χ0) is 17.6. The van der Waals surface area contributed by atoms with Crippen molar-refractivity contribution < 1.29 is 9.18 Å². The van der Waals surface area contributed by atoms with Gasteiger partial charge in [0.15, 0.2) is 0 Å². The second kappa shape index (κ2) is 7.57. The molecule has 25 heavy (non-hydrogen) atoms. The van der Waals surface area contributed by atoms with Gasteiger partial charge in [0.2, 0.25) is 0 Å². The number of aromatic nitrogens is 3. The number of nitrogens with one attached hydrogen (secondary N) is 2. The molecule has 0 saturated carbocycles. The molecule has 1 aromatic carbocycles. The minimum Gasteiger partial charge on any atom is -0.349 e. The van der Waals surface area contributed by atoms with E-state index in [9.17, 15) is 14.0 Å². The summed E-state index contributed by atoms with van der Waals surface area (Å²) in [6.45, 7) is 0.338. The minimum atomic E-state index is -0.382. The van der Waals surface area contributed by atoms with E-state index < -0.39 is 0 Å². The van der Waals surface area contributed by atoms with Crippen molar-refractivity contribution in [2.45, 2.75) is 12.5 Å². The number of halogens is 1. The SMILES string of the molecule is O=C(NCC(Cc1cccc(F)c1)n1cccc1)c1ccc(=O)[nH]n1. The van der Waals surface area contributed by atoms with Crippen molar-refractivity contribution in [3.8, 4) is 0 Å². The number of hydrogen-bond donors (Lipinski definition) is 2. The van der Waals surface area contributed by atoms with Gasteiger partial charge >= 0.3 is 0 Å². The molecule has 0 saturated heterocycles. The Hall–Kier alpha value is -3.22. The van der Waals surface area contributed by atoms with Gasteiger partial charge in [0.25, 0.3) is 11.5 Å². The van der Waals surface area contributed by atoms with E-state index in [0.717, 1.165) is 5.56 Å². The van der Waals surface area contributed by atoms with Crippen molar-refractivity contribution in [3.05, 3.63) is 88.4 Å². The lowest BCUT2D eigenvalue weighted by atomic mass is 10.1. The molecule has 6 nitrogen and oxygen atoms in total. The molecule has 7 heteroatoms. The number of benzene rings is 1. The van der Waals surface area contributed by atoms with Gasteiger partial charge in [-0.05, 0) is 42.3 Å². The fourth-order valence-corrected chi connectivity index (χ4v) is 2.58. The number of rotatable bonds is 6. The Labute approximate surface area is 143 Å². The Morgan fingerprint density at radius 1 is 1.20 bits per heavy atom. The van der Waals surface area contributed by atoms with Gasteiger partial charge < -0.3 is 9.88 Å². The summed E-state index contributed by atoms with van der Waals surface area (Å²) >= 11 is 0. The number of aromatic amines is 1. The summed E-state index contributed by atoms with van der Waals surface area (Å²) in [6.07, 6.45) is 4.36. The Balaban J connectivity index is 1.71. The van der Waals surface area contributed by atoms with Crippen molar-refractivity contribution in [1.29, 1.82) is 0 Å². The maximum Gasteiger partial charge on any atom is 0.271 e. The first-order chi connectivity index (χ1) is 12.1. The summed E-state index contributed by atoms with van der Waals surface area (Å²) in [5, 5.41) is 8.74. The highest BCUT2D eigenvalue weighted by Gasteiger charge is 2.15. The molecule has 1 unspecified atom stereocenters. The number of carbonyl (C=O) groups excluding carboxylic acids is 1. The van der Waals surface area contributed by atoms with E-state index >= 15 is 0 Å². The average Bonchev–Trinajstić information content (AvgIpc) is 3.13. The lowest BCUT2D eigenvalue weighted by Gasteiger charge is -2.20. The highest BCUT2D eigenvalue weighted by Crippen LogP contribution is 2.15. The highest BCUT2D eigenvalue weighted by molar-refractivity contribution is 5.91. The van der Waals surface area contributed by atoms with E-state index in [4.69, 9.17) is 0 Å². The molecule has 0 aliphatic heterocycles. The summed E-state index contributed by atoms with van der Waals surface area (Å²) in [5.74, 6) is -0.669. The summed E-state index contributed by atoms with van der Waals surface area (Å²) < 4.78 is 15.4. The van der Waals surface area contributed by atoms with Crippen molar-refractivity contribution in [3.63, 3.8) is 0 Å². The molecule has 3 rings (SSSR count). The van der Waals surface area contributed by atoms with Crippen LogP contribution < -0.4 is 10.9 Å². The fourth-order valence-electron chi connectivity index (χ4n) is 2.58. The van der Waals surface area contributed by atoms with Crippen LogP contribution in [0.5, 0.6) is 0 Å². The van der Waals surface area contributed by atoms with Crippen LogP contribution in [0.2, 0.25) is 0 Å². The molecule has 0 fully saturated rings. The molecular weight excluding hydrogens is 323 g/mol. The minimum absolute atomic E-state index is 0.0801. The Bertz CT molecular complexity index is 885. The van der Waals surface area contributed by atoms with Gasteiger partial charge in [0.1, 0.15) is 11.5 Å². The molecule has 0 spiro atoms. The molecule has 3 aromatic rings. The van der Waals surface area contributed by atoms with E-state index in [1.165, 1.54) is 24.3 Å². The first-order valence-corrected chi connectivity index (χ1v) is 7.82. The van der Waals surface area contributed by atoms with Gasteiger partial charge in [-0.25, -0.2) is 9.49 Å². The van der Waals surface area contributed by atoms with Gasteiger partial charge in [0, 0.05) is 25.0 Å². The molecule has 2 heterocycles. The van der Waals surface area contributed by atoms with E-state index in [0.29, 0.717) is 13.0 Å². The van der Waals surface area contributed by atoms with Gasteiger partial charge in [-0.15, -0.1) is 0 Å². The fraction of sp³-hybridized carbons (Fsp3) is 0.167. The van der Waals surface area contributed by atoms with Crippen LogP contribution in [-0.2, 0) is 6.42 Å². The summed E-state index contributed by atoms with van der Waals surface area (Å²) in [7, 11) is 0. The average molecular weight is 340 g/mol. The van der Waals surface area contributed by atoms with Crippen LogP contribution in [0.1, 0.15) is 22.1 Å². The number of hydrogen-bond acceptors (Lipinski definition) is 3. The molecule has 2 N–H and O–H groups in total. The first kappa shape index (κ1) is 16.6. The van der Waals surface area contributed by atoms with E-state index in [2.05, 4.69) is 15.5 Å². The lowest BCUT2D eigenvalue weighted by molar-refractivity contribution is 0.0941. The zero-order valence-corrected chi connectivity index (χ0v) is 13.4. The molecule has 1 atom stereocenters. The molecule has 0 aliphatic carbocycles.